The quantitative estimate of drug-likeness (QED) is 0.602. The van der Waals surface area contributed by atoms with Gasteiger partial charge < -0.3 is 0 Å². The highest BCUT2D eigenvalue weighted by atomic mass is 79.9. The Morgan fingerprint density at radius 3 is 2.88 bits per heavy atom. The first-order valence-electron chi connectivity index (χ1n) is 4.90. The predicted octanol–water partition coefficient (Wildman–Crippen LogP) is 4.77. The third kappa shape index (κ3) is 2.20. The molecule has 0 spiro atoms. The molecule has 0 atom stereocenters. The fourth-order valence-electron chi connectivity index (χ4n) is 1.56. The number of thiazole rings is 1. The molecule has 1 aromatic carbocycles. The lowest BCUT2D eigenvalue weighted by Crippen LogP contribution is -1.78. The number of fused-ring (bicyclic) bond motifs is 1. The number of nitrogens with zero attached hydrogens (tertiary/aromatic N) is 2. The highest BCUT2D eigenvalue weighted by molar-refractivity contribution is 9.10. The number of pyridine rings is 1. The smallest absolute Gasteiger partial charge is 0.124 e. The Balaban J connectivity index is 2.18. The normalized spacial score (nSPS) is 10.9. The van der Waals surface area contributed by atoms with Crippen LogP contribution in [0.2, 0.25) is 5.02 Å². The van der Waals surface area contributed by atoms with Crippen molar-refractivity contribution >= 4 is 49.1 Å². The Labute approximate surface area is 115 Å². The van der Waals surface area contributed by atoms with Crippen molar-refractivity contribution in [2.24, 2.45) is 0 Å². The standard InChI is InChI=1S/C12H6BrClN2S/c13-11-5-7(3-4-15-11)12-16-9-6-8(14)1-2-10(9)17-12/h1-6H. The van der Waals surface area contributed by atoms with Crippen molar-refractivity contribution < 1.29 is 0 Å². The summed E-state index contributed by atoms with van der Waals surface area (Å²) in [4.78, 5) is 8.68. The lowest BCUT2D eigenvalue weighted by Gasteiger charge is -1.94. The fraction of sp³-hybridized carbons (Fsp3) is 0. The molecular formula is C12H6BrClN2S. The molecule has 0 fully saturated rings. The summed E-state index contributed by atoms with van der Waals surface area (Å²) in [6, 6.07) is 9.67. The van der Waals surface area contributed by atoms with Crippen molar-refractivity contribution in [2.75, 3.05) is 0 Å². The highest BCUT2D eigenvalue weighted by Gasteiger charge is 2.07. The molecule has 17 heavy (non-hydrogen) atoms. The summed E-state index contributed by atoms with van der Waals surface area (Å²) < 4.78 is 1.95. The Hall–Kier alpha value is -0.970. The maximum atomic E-state index is 5.95. The summed E-state index contributed by atoms with van der Waals surface area (Å²) in [5.74, 6) is 0. The molecular weight excluding hydrogens is 320 g/mol. The molecule has 0 N–H and O–H groups in total. The minimum atomic E-state index is 0.713. The van der Waals surface area contributed by atoms with Crippen LogP contribution in [0.25, 0.3) is 20.8 Å². The average Bonchev–Trinajstić information content (AvgIpc) is 2.72. The van der Waals surface area contributed by atoms with Gasteiger partial charge >= 0.3 is 0 Å². The van der Waals surface area contributed by atoms with Crippen LogP contribution >= 0.6 is 38.9 Å². The minimum Gasteiger partial charge on any atom is -0.249 e. The van der Waals surface area contributed by atoms with Crippen molar-refractivity contribution in [3.05, 3.63) is 46.2 Å². The Morgan fingerprint density at radius 2 is 2.06 bits per heavy atom. The van der Waals surface area contributed by atoms with E-state index in [1.807, 2.05) is 30.3 Å². The molecule has 3 rings (SSSR count). The number of halogens is 2. The van der Waals surface area contributed by atoms with E-state index in [4.69, 9.17) is 11.6 Å². The van der Waals surface area contributed by atoms with Crippen LogP contribution < -0.4 is 0 Å². The molecule has 0 saturated heterocycles. The number of hydrogen-bond donors (Lipinski definition) is 0. The monoisotopic (exact) mass is 324 g/mol. The topological polar surface area (TPSA) is 25.8 Å². The van der Waals surface area contributed by atoms with E-state index >= 15 is 0 Å². The maximum absolute atomic E-state index is 5.95. The Bertz CT molecular complexity index is 696. The van der Waals surface area contributed by atoms with Gasteiger partial charge in [0.25, 0.3) is 0 Å². The van der Waals surface area contributed by atoms with E-state index in [1.54, 1.807) is 17.5 Å². The summed E-state index contributed by atoms with van der Waals surface area (Å²) >= 11 is 11.0. The third-order valence-corrected chi connectivity index (χ3v) is 4.08. The summed E-state index contributed by atoms with van der Waals surface area (Å²) in [7, 11) is 0. The van der Waals surface area contributed by atoms with Crippen LogP contribution in [0.1, 0.15) is 0 Å². The van der Waals surface area contributed by atoms with E-state index in [2.05, 4.69) is 25.9 Å². The summed E-state index contributed by atoms with van der Waals surface area (Å²) in [5.41, 5.74) is 2.00. The second-order valence-corrected chi connectivity index (χ2v) is 5.78. The zero-order chi connectivity index (χ0) is 11.8. The molecule has 0 aliphatic rings. The molecule has 2 aromatic heterocycles. The van der Waals surface area contributed by atoms with Crippen LogP contribution in [0, 0.1) is 0 Å². The lowest BCUT2D eigenvalue weighted by molar-refractivity contribution is 1.27. The van der Waals surface area contributed by atoms with Gasteiger partial charge in [0.1, 0.15) is 9.61 Å². The van der Waals surface area contributed by atoms with Gasteiger partial charge in [-0.1, -0.05) is 11.6 Å². The number of rotatable bonds is 1. The van der Waals surface area contributed by atoms with E-state index < -0.39 is 0 Å². The molecule has 0 aliphatic heterocycles. The second kappa shape index (κ2) is 4.37. The molecule has 2 nitrogen and oxygen atoms in total. The minimum absolute atomic E-state index is 0.713. The largest absolute Gasteiger partial charge is 0.249 e. The van der Waals surface area contributed by atoms with Gasteiger partial charge in [0.05, 0.1) is 10.2 Å². The van der Waals surface area contributed by atoms with Gasteiger partial charge in [-0.05, 0) is 46.3 Å². The van der Waals surface area contributed by atoms with Crippen molar-refractivity contribution in [1.82, 2.24) is 9.97 Å². The van der Waals surface area contributed by atoms with E-state index in [-0.39, 0.29) is 0 Å². The van der Waals surface area contributed by atoms with Gasteiger partial charge in [-0.2, -0.15) is 0 Å². The maximum Gasteiger partial charge on any atom is 0.124 e. The van der Waals surface area contributed by atoms with Crippen molar-refractivity contribution in [2.45, 2.75) is 0 Å². The van der Waals surface area contributed by atoms with Crippen molar-refractivity contribution in [3.8, 4) is 10.6 Å². The molecule has 2 heterocycles. The Morgan fingerprint density at radius 1 is 1.18 bits per heavy atom. The van der Waals surface area contributed by atoms with Gasteiger partial charge in [0.15, 0.2) is 0 Å². The highest BCUT2D eigenvalue weighted by Crippen LogP contribution is 2.31. The van der Waals surface area contributed by atoms with Crippen LogP contribution in [-0.2, 0) is 0 Å². The molecule has 0 amide bonds. The Kier molecular flexibility index (Phi) is 2.86. The summed E-state index contributed by atoms with van der Waals surface area (Å²) in [6.07, 6.45) is 1.76. The predicted molar refractivity (Wildman–Crippen MR) is 75.6 cm³/mol. The van der Waals surface area contributed by atoms with Gasteiger partial charge in [-0.25, -0.2) is 9.97 Å². The molecule has 0 unspecified atom stereocenters. The van der Waals surface area contributed by atoms with E-state index in [9.17, 15) is 0 Å². The molecule has 84 valence electrons. The third-order valence-electron chi connectivity index (χ3n) is 2.32. The van der Waals surface area contributed by atoms with Crippen LogP contribution in [0.3, 0.4) is 0 Å². The van der Waals surface area contributed by atoms with E-state index in [0.29, 0.717) is 5.02 Å². The zero-order valence-corrected chi connectivity index (χ0v) is 11.7. The van der Waals surface area contributed by atoms with Gasteiger partial charge in [0.2, 0.25) is 0 Å². The van der Waals surface area contributed by atoms with Crippen LogP contribution in [0.5, 0.6) is 0 Å². The van der Waals surface area contributed by atoms with E-state index in [0.717, 1.165) is 25.4 Å². The molecule has 0 radical (unpaired) electrons. The van der Waals surface area contributed by atoms with Gasteiger partial charge in [-0.15, -0.1) is 11.3 Å². The van der Waals surface area contributed by atoms with Crippen molar-refractivity contribution in [1.29, 1.82) is 0 Å². The molecule has 3 aromatic rings. The molecule has 5 heteroatoms. The molecule has 0 saturated carbocycles. The molecule has 0 aliphatic carbocycles. The number of hydrogen-bond acceptors (Lipinski definition) is 3. The zero-order valence-electron chi connectivity index (χ0n) is 8.52. The average molecular weight is 326 g/mol. The summed E-state index contributed by atoms with van der Waals surface area (Å²) in [5, 5.41) is 1.69. The van der Waals surface area contributed by atoms with Gasteiger partial charge in [0, 0.05) is 16.8 Å². The second-order valence-electron chi connectivity index (χ2n) is 3.50. The number of benzene rings is 1. The molecule has 0 bridgehead atoms. The first kappa shape index (κ1) is 11.1. The fourth-order valence-corrected chi connectivity index (χ4v) is 3.03. The van der Waals surface area contributed by atoms with Crippen LogP contribution in [0.4, 0.5) is 0 Å². The summed E-state index contributed by atoms with van der Waals surface area (Å²) in [6.45, 7) is 0. The van der Waals surface area contributed by atoms with Gasteiger partial charge in [-0.3, -0.25) is 0 Å². The van der Waals surface area contributed by atoms with E-state index in [1.165, 1.54) is 0 Å². The van der Waals surface area contributed by atoms with Crippen LogP contribution in [-0.4, -0.2) is 9.97 Å². The van der Waals surface area contributed by atoms with Crippen LogP contribution in [0.15, 0.2) is 41.1 Å². The number of aromatic nitrogens is 2. The first-order chi connectivity index (χ1) is 8.22. The lowest BCUT2D eigenvalue weighted by atomic mass is 10.3. The SMILES string of the molecule is Clc1ccc2sc(-c3ccnc(Br)c3)nc2c1. The van der Waals surface area contributed by atoms with Crippen molar-refractivity contribution in [3.63, 3.8) is 0 Å². The first-order valence-corrected chi connectivity index (χ1v) is 6.89.